The van der Waals surface area contributed by atoms with Crippen LogP contribution in [0.2, 0.25) is 0 Å². The van der Waals surface area contributed by atoms with Gasteiger partial charge in [0.05, 0.1) is 14.2 Å². The van der Waals surface area contributed by atoms with E-state index in [9.17, 15) is 9.59 Å². The molecular formula is C19H26INO5. The van der Waals surface area contributed by atoms with E-state index < -0.39 is 23.7 Å². The zero-order valence-corrected chi connectivity index (χ0v) is 18.2. The number of esters is 1. The minimum Gasteiger partial charge on any atom is -0.496 e. The molecule has 0 saturated heterocycles. The predicted molar refractivity (Wildman–Crippen MR) is 110 cm³/mol. The number of carbonyl (C=O) groups is 2. The summed E-state index contributed by atoms with van der Waals surface area (Å²) < 4.78 is 17.6. The van der Waals surface area contributed by atoms with Gasteiger partial charge in [-0.05, 0) is 54.2 Å². The van der Waals surface area contributed by atoms with E-state index >= 15 is 0 Å². The molecule has 1 amide bonds. The molecule has 0 aliphatic rings. The minimum absolute atomic E-state index is 0.245. The van der Waals surface area contributed by atoms with Crippen LogP contribution in [0.3, 0.4) is 0 Å². The second-order valence-corrected chi connectivity index (χ2v) is 7.42. The number of ether oxygens (including phenoxy) is 3. The van der Waals surface area contributed by atoms with Crippen molar-refractivity contribution in [2.75, 3.05) is 21.3 Å². The van der Waals surface area contributed by atoms with Crippen molar-refractivity contribution in [3.63, 3.8) is 0 Å². The Hall–Kier alpha value is -1.77. The van der Waals surface area contributed by atoms with Gasteiger partial charge in [-0.3, -0.25) is 4.90 Å². The largest absolute Gasteiger partial charge is 0.496 e. The van der Waals surface area contributed by atoms with Gasteiger partial charge in [0.1, 0.15) is 17.4 Å². The minimum atomic E-state index is -0.831. The lowest BCUT2D eigenvalue weighted by atomic mass is 10.0. The third-order valence-electron chi connectivity index (χ3n) is 3.60. The zero-order chi connectivity index (χ0) is 19.9. The van der Waals surface area contributed by atoms with Crippen molar-refractivity contribution in [3.05, 3.63) is 33.4 Å². The number of nitrogens with zero attached hydrogens (tertiary/aromatic N) is 1. The maximum absolute atomic E-state index is 12.4. The molecule has 0 fully saturated rings. The quantitative estimate of drug-likeness (QED) is 0.459. The molecule has 1 rings (SSSR count). The molecule has 0 saturated carbocycles. The van der Waals surface area contributed by atoms with E-state index in [0.717, 1.165) is 11.1 Å². The monoisotopic (exact) mass is 475 g/mol. The number of rotatable bonds is 6. The van der Waals surface area contributed by atoms with E-state index in [1.807, 2.05) is 28.4 Å². The molecule has 6 nitrogen and oxygen atoms in total. The summed E-state index contributed by atoms with van der Waals surface area (Å²) in [6, 6.07) is 4.85. The van der Waals surface area contributed by atoms with E-state index in [0.29, 0.717) is 5.75 Å². The highest BCUT2D eigenvalue weighted by Gasteiger charge is 2.32. The van der Waals surface area contributed by atoms with Crippen LogP contribution in [0.25, 0.3) is 6.08 Å². The van der Waals surface area contributed by atoms with Crippen LogP contribution >= 0.6 is 22.6 Å². The van der Waals surface area contributed by atoms with Gasteiger partial charge in [-0.1, -0.05) is 28.7 Å². The molecule has 1 aromatic carbocycles. The van der Waals surface area contributed by atoms with Gasteiger partial charge in [0.25, 0.3) is 0 Å². The molecular weight excluding hydrogens is 449 g/mol. The van der Waals surface area contributed by atoms with Crippen molar-refractivity contribution >= 4 is 40.7 Å². The van der Waals surface area contributed by atoms with Crippen LogP contribution in [0, 0.1) is 0 Å². The lowest BCUT2D eigenvalue weighted by molar-refractivity contribution is -0.146. The fourth-order valence-electron chi connectivity index (χ4n) is 2.32. The molecule has 0 radical (unpaired) electrons. The van der Waals surface area contributed by atoms with Crippen molar-refractivity contribution in [2.45, 2.75) is 38.8 Å². The zero-order valence-electron chi connectivity index (χ0n) is 16.0. The molecule has 26 heavy (non-hydrogen) atoms. The second kappa shape index (κ2) is 9.80. The number of benzene rings is 1. The summed E-state index contributed by atoms with van der Waals surface area (Å²) in [5, 5.41) is 0. The van der Waals surface area contributed by atoms with Crippen molar-refractivity contribution in [1.29, 1.82) is 0 Å². The molecule has 0 aliphatic carbocycles. The van der Waals surface area contributed by atoms with Gasteiger partial charge in [-0.15, -0.1) is 0 Å². The van der Waals surface area contributed by atoms with Gasteiger partial charge in [0.2, 0.25) is 0 Å². The molecule has 144 valence electrons. The number of hydrogen-bond acceptors (Lipinski definition) is 5. The molecule has 0 aromatic heterocycles. The van der Waals surface area contributed by atoms with Crippen molar-refractivity contribution in [1.82, 2.24) is 4.90 Å². The second-order valence-electron chi connectivity index (χ2n) is 6.70. The van der Waals surface area contributed by atoms with Crippen molar-refractivity contribution < 1.29 is 23.8 Å². The molecule has 0 unspecified atom stereocenters. The number of carbonyl (C=O) groups excluding carboxylic acids is 2. The highest BCUT2D eigenvalue weighted by atomic mass is 127. The molecule has 0 N–H and O–H groups in total. The Morgan fingerprint density at radius 2 is 1.92 bits per heavy atom. The summed E-state index contributed by atoms with van der Waals surface area (Å²) in [5.41, 5.74) is 1.11. The predicted octanol–water partition coefficient (Wildman–Crippen LogP) is 4.05. The average Bonchev–Trinajstić information content (AvgIpc) is 2.57. The molecule has 0 spiro atoms. The van der Waals surface area contributed by atoms with Crippen molar-refractivity contribution in [2.24, 2.45) is 0 Å². The highest BCUT2D eigenvalue weighted by molar-refractivity contribution is 14.1. The number of likely N-dealkylation sites (N-methyl/N-ethyl adjacent to an activating group) is 1. The van der Waals surface area contributed by atoms with Crippen molar-refractivity contribution in [3.8, 4) is 5.75 Å². The molecule has 7 heteroatoms. The van der Waals surface area contributed by atoms with Gasteiger partial charge in [0, 0.05) is 13.5 Å². The summed E-state index contributed by atoms with van der Waals surface area (Å²) in [6.45, 7) is 5.32. The van der Waals surface area contributed by atoms with Crippen LogP contribution in [0.5, 0.6) is 5.75 Å². The maximum Gasteiger partial charge on any atom is 0.410 e. The third-order valence-corrected chi connectivity index (χ3v) is 3.95. The number of methoxy groups -OCH3 is 2. The topological polar surface area (TPSA) is 65.1 Å². The Balaban J connectivity index is 3.17. The summed E-state index contributed by atoms with van der Waals surface area (Å²) in [5.74, 6) is 0.123. The van der Waals surface area contributed by atoms with Crippen LogP contribution in [0.1, 0.15) is 31.9 Å². The Morgan fingerprint density at radius 1 is 1.27 bits per heavy atom. The third kappa shape index (κ3) is 6.51. The number of hydrogen-bond donors (Lipinski definition) is 0. The van der Waals surface area contributed by atoms with Crippen LogP contribution < -0.4 is 4.74 Å². The first kappa shape index (κ1) is 22.3. The summed E-state index contributed by atoms with van der Waals surface area (Å²) in [4.78, 5) is 26.0. The first-order chi connectivity index (χ1) is 12.1. The molecule has 0 heterocycles. The standard InChI is InChI=1S/C19H26INO5/c1-19(2,3)26-18(23)21(4)15(17(22)25-6)12-14-11-13(9-10-20)7-8-16(14)24-5/h7-11,15H,12H2,1-6H3/b10-9-/t15-/m0/s1. The number of halogens is 1. The Kier molecular flexibility index (Phi) is 8.39. The van der Waals surface area contributed by atoms with E-state index in [-0.39, 0.29) is 6.42 Å². The normalized spacial score (nSPS) is 12.6. The number of amides is 1. The van der Waals surface area contributed by atoms with Gasteiger partial charge in [-0.25, -0.2) is 9.59 Å². The molecule has 0 aliphatic heterocycles. The van der Waals surface area contributed by atoms with Gasteiger partial charge < -0.3 is 14.2 Å². The SMILES string of the molecule is COC(=O)[C@H](Cc1cc(/C=C\I)ccc1OC)N(C)C(=O)OC(C)(C)C. The Bertz CT molecular complexity index is 666. The Labute approximate surface area is 168 Å². The lowest BCUT2D eigenvalue weighted by Crippen LogP contribution is -2.46. The van der Waals surface area contributed by atoms with Crippen LogP contribution in [-0.4, -0.2) is 49.9 Å². The summed E-state index contributed by atoms with van der Waals surface area (Å²) in [7, 11) is 4.39. The first-order valence-electron chi connectivity index (χ1n) is 8.10. The fourth-order valence-corrected chi connectivity index (χ4v) is 2.73. The van der Waals surface area contributed by atoms with Crippen LogP contribution in [-0.2, 0) is 20.7 Å². The molecule has 0 bridgehead atoms. The average molecular weight is 475 g/mol. The molecule has 1 atom stereocenters. The fraction of sp³-hybridized carbons (Fsp3) is 0.474. The van der Waals surface area contributed by atoms with Gasteiger partial charge in [0.15, 0.2) is 0 Å². The van der Waals surface area contributed by atoms with Crippen LogP contribution in [0.15, 0.2) is 22.3 Å². The van der Waals surface area contributed by atoms with E-state index in [4.69, 9.17) is 14.2 Å². The molecule has 1 aromatic rings. The smallest absolute Gasteiger partial charge is 0.410 e. The summed E-state index contributed by atoms with van der Waals surface area (Å²) in [6.07, 6.45) is 1.60. The highest BCUT2D eigenvalue weighted by Crippen LogP contribution is 2.24. The summed E-state index contributed by atoms with van der Waals surface area (Å²) >= 11 is 2.14. The van der Waals surface area contributed by atoms with Crippen LogP contribution in [0.4, 0.5) is 4.79 Å². The van der Waals surface area contributed by atoms with Gasteiger partial charge >= 0.3 is 12.1 Å². The lowest BCUT2D eigenvalue weighted by Gasteiger charge is -2.29. The van der Waals surface area contributed by atoms with E-state index in [2.05, 4.69) is 22.6 Å². The van der Waals surface area contributed by atoms with E-state index in [1.165, 1.54) is 19.1 Å². The van der Waals surface area contributed by atoms with Gasteiger partial charge in [-0.2, -0.15) is 0 Å². The first-order valence-corrected chi connectivity index (χ1v) is 9.34. The maximum atomic E-state index is 12.4. The van der Waals surface area contributed by atoms with E-state index in [1.54, 1.807) is 27.9 Å². The Morgan fingerprint density at radius 3 is 2.42 bits per heavy atom.